The van der Waals surface area contributed by atoms with E-state index in [0.29, 0.717) is 16.9 Å². The highest BCUT2D eigenvalue weighted by Gasteiger charge is 2.07. The Morgan fingerprint density at radius 1 is 1.47 bits per heavy atom. The number of aliphatic hydroxyl groups excluding tert-OH is 1. The second-order valence-corrected chi connectivity index (χ2v) is 5.65. The first kappa shape index (κ1) is 14.3. The quantitative estimate of drug-likeness (QED) is 0.526. The molecule has 1 aromatic heterocycles. The van der Waals surface area contributed by atoms with Gasteiger partial charge >= 0.3 is 0 Å². The average molecular weight is 274 g/mol. The summed E-state index contributed by atoms with van der Waals surface area (Å²) < 4.78 is 0.716. The fourth-order valence-corrected chi connectivity index (χ4v) is 2.75. The number of aromatic nitrogens is 1. The lowest BCUT2D eigenvalue weighted by Gasteiger charge is -2.04. The molecular weight excluding hydrogens is 256 g/mol. The van der Waals surface area contributed by atoms with Gasteiger partial charge < -0.3 is 15.4 Å². The Morgan fingerprint density at radius 3 is 2.82 bits per heavy atom. The maximum Gasteiger partial charge on any atom is 0.225 e. The summed E-state index contributed by atoms with van der Waals surface area (Å²) in [7, 11) is 0. The van der Waals surface area contributed by atoms with Crippen molar-refractivity contribution in [3.05, 3.63) is 14.5 Å². The van der Waals surface area contributed by atoms with Crippen LogP contribution in [0.4, 0.5) is 0 Å². The van der Waals surface area contributed by atoms with Crippen molar-refractivity contribution in [2.75, 3.05) is 13.2 Å². The molecule has 0 radical (unpaired) electrons. The third-order valence-electron chi connectivity index (χ3n) is 2.40. The molecular formula is C11H18N2O2S2. The van der Waals surface area contributed by atoms with E-state index in [4.69, 9.17) is 17.3 Å². The standard InChI is InChI=1S/C11H18N2O2S2/c1-8-9(17-11(16)13-8)7-10(15)12-5-3-2-4-6-14/h14H,2-7H2,1H3,(H,12,15)(H,13,16). The third-order valence-corrected chi connectivity index (χ3v) is 3.74. The zero-order chi connectivity index (χ0) is 12.7. The molecule has 0 saturated heterocycles. The summed E-state index contributed by atoms with van der Waals surface area (Å²) in [6.45, 7) is 2.82. The van der Waals surface area contributed by atoms with Crippen LogP contribution in [0.2, 0.25) is 0 Å². The number of rotatable bonds is 7. The minimum absolute atomic E-state index is 0.0300. The van der Waals surface area contributed by atoms with Crippen molar-refractivity contribution in [1.82, 2.24) is 10.3 Å². The van der Waals surface area contributed by atoms with E-state index in [1.54, 1.807) is 0 Å². The first-order valence-electron chi connectivity index (χ1n) is 5.69. The number of nitrogens with one attached hydrogen (secondary N) is 2. The van der Waals surface area contributed by atoms with Gasteiger partial charge in [0.05, 0.1) is 6.42 Å². The molecule has 0 spiro atoms. The van der Waals surface area contributed by atoms with E-state index in [1.807, 2.05) is 6.92 Å². The normalized spacial score (nSPS) is 10.5. The SMILES string of the molecule is Cc1[nH]c(=S)sc1CC(=O)NCCCCCO. The Bertz CT molecular complexity index is 412. The maximum atomic E-state index is 11.6. The van der Waals surface area contributed by atoms with E-state index in [9.17, 15) is 4.79 Å². The molecule has 0 aliphatic rings. The molecule has 0 bridgehead atoms. The van der Waals surface area contributed by atoms with Gasteiger partial charge in [-0.1, -0.05) is 0 Å². The number of H-pyrrole nitrogens is 1. The van der Waals surface area contributed by atoms with Crippen molar-refractivity contribution in [3.8, 4) is 0 Å². The Balaban J connectivity index is 2.25. The maximum absolute atomic E-state index is 11.6. The van der Waals surface area contributed by atoms with Gasteiger partial charge in [-0.2, -0.15) is 0 Å². The summed E-state index contributed by atoms with van der Waals surface area (Å²) in [5.41, 5.74) is 0.982. The molecule has 6 heteroatoms. The zero-order valence-electron chi connectivity index (χ0n) is 9.91. The van der Waals surface area contributed by atoms with Gasteiger partial charge in [0.1, 0.15) is 0 Å². The van der Waals surface area contributed by atoms with Gasteiger partial charge in [-0.25, -0.2) is 0 Å². The van der Waals surface area contributed by atoms with Gasteiger partial charge in [0.15, 0.2) is 3.95 Å². The zero-order valence-corrected chi connectivity index (χ0v) is 11.5. The van der Waals surface area contributed by atoms with E-state index in [0.717, 1.165) is 29.8 Å². The second-order valence-electron chi connectivity index (χ2n) is 3.87. The highest BCUT2D eigenvalue weighted by Crippen LogP contribution is 2.14. The van der Waals surface area contributed by atoms with Crippen molar-refractivity contribution in [1.29, 1.82) is 0 Å². The predicted octanol–water partition coefficient (Wildman–Crippen LogP) is 1.94. The van der Waals surface area contributed by atoms with Gasteiger partial charge in [0.2, 0.25) is 5.91 Å². The van der Waals surface area contributed by atoms with Crippen LogP contribution in [0.15, 0.2) is 0 Å². The number of carbonyl (C=O) groups is 1. The average Bonchev–Trinajstić information content (AvgIpc) is 2.57. The van der Waals surface area contributed by atoms with Crippen molar-refractivity contribution < 1.29 is 9.90 Å². The number of hydrogen-bond donors (Lipinski definition) is 3. The molecule has 0 saturated carbocycles. The summed E-state index contributed by atoms with van der Waals surface area (Å²) in [5, 5.41) is 11.5. The van der Waals surface area contributed by atoms with Crippen LogP contribution in [0.25, 0.3) is 0 Å². The van der Waals surface area contributed by atoms with E-state index in [-0.39, 0.29) is 12.5 Å². The molecule has 1 amide bonds. The minimum Gasteiger partial charge on any atom is -0.396 e. The smallest absolute Gasteiger partial charge is 0.225 e. The Hall–Kier alpha value is -0.720. The summed E-state index contributed by atoms with van der Waals surface area (Å²) in [5.74, 6) is 0.0300. The molecule has 0 aromatic carbocycles. The number of hydrogen-bond acceptors (Lipinski definition) is 4. The summed E-state index contributed by atoms with van der Waals surface area (Å²) >= 11 is 6.47. The molecule has 0 aliphatic carbocycles. The lowest BCUT2D eigenvalue weighted by atomic mass is 10.2. The number of aliphatic hydroxyl groups is 1. The molecule has 1 heterocycles. The van der Waals surface area contributed by atoms with Gasteiger partial charge in [-0.15, -0.1) is 11.3 Å². The summed E-state index contributed by atoms with van der Waals surface area (Å²) in [4.78, 5) is 15.6. The van der Waals surface area contributed by atoms with E-state index >= 15 is 0 Å². The molecule has 0 unspecified atom stereocenters. The number of aromatic amines is 1. The second kappa shape index (κ2) is 7.58. The topological polar surface area (TPSA) is 65.1 Å². The largest absolute Gasteiger partial charge is 0.396 e. The fraction of sp³-hybridized carbons (Fsp3) is 0.636. The van der Waals surface area contributed by atoms with Crippen LogP contribution in [0.3, 0.4) is 0 Å². The Kier molecular flexibility index (Phi) is 6.39. The van der Waals surface area contributed by atoms with Crippen LogP contribution in [0.5, 0.6) is 0 Å². The van der Waals surface area contributed by atoms with Crippen molar-refractivity contribution in [2.24, 2.45) is 0 Å². The summed E-state index contributed by atoms with van der Waals surface area (Å²) in [6.07, 6.45) is 3.05. The molecule has 1 rings (SSSR count). The first-order valence-corrected chi connectivity index (χ1v) is 6.92. The molecule has 0 atom stereocenters. The molecule has 17 heavy (non-hydrogen) atoms. The van der Waals surface area contributed by atoms with Gasteiger partial charge in [0.25, 0.3) is 0 Å². The third kappa shape index (κ3) is 5.43. The number of amides is 1. The lowest BCUT2D eigenvalue weighted by molar-refractivity contribution is -0.120. The predicted molar refractivity (Wildman–Crippen MR) is 71.9 cm³/mol. The van der Waals surface area contributed by atoms with Gasteiger partial charge in [0, 0.05) is 23.7 Å². The van der Waals surface area contributed by atoms with Crippen LogP contribution >= 0.6 is 23.6 Å². The number of unbranched alkanes of at least 4 members (excludes halogenated alkanes) is 2. The van der Waals surface area contributed by atoms with Crippen molar-refractivity contribution in [2.45, 2.75) is 32.6 Å². The number of carbonyl (C=O) groups excluding carboxylic acids is 1. The number of thiazole rings is 1. The van der Waals surface area contributed by atoms with Crippen LogP contribution < -0.4 is 5.32 Å². The van der Waals surface area contributed by atoms with Crippen LogP contribution in [0, 0.1) is 10.9 Å². The number of aryl methyl sites for hydroxylation is 1. The molecule has 0 fully saturated rings. The highest BCUT2D eigenvalue weighted by molar-refractivity contribution is 7.73. The van der Waals surface area contributed by atoms with E-state index < -0.39 is 0 Å². The van der Waals surface area contributed by atoms with E-state index in [1.165, 1.54) is 11.3 Å². The Labute approximate surface area is 110 Å². The highest BCUT2D eigenvalue weighted by atomic mass is 32.1. The molecule has 0 aliphatic heterocycles. The van der Waals surface area contributed by atoms with Crippen molar-refractivity contribution in [3.63, 3.8) is 0 Å². The monoisotopic (exact) mass is 274 g/mol. The minimum atomic E-state index is 0.0300. The lowest BCUT2D eigenvalue weighted by Crippen LogP contribution is -2.26. The van der Waals surface area contributed by atoms with Crippen LogP contribution in [-0.2, 0) is 11.2 Å². The van der Waals surface area contributed by atoms with Gasteiger partial charge in [-0.05, 0) is 38.4 Å². The van der Waals surface area contributed by atoms with Crippen LogP contribution in [-0.4, -0.2) is 29.1 Å². The fourth-order valence-electron chi connectivity index (χ4n) is 1.46. The molecule has 1 aromatic rings. The van der Waals surface area contributed by atoms with Crippen LogP contribution in [0.1, 0.15) is 29.8 Å². The first-order chi connectivity index (χ1) is 8.13. The Morgan fingerprint density at radius 2 is 2.24 bits per heavy atom. The molecule has 4 nitrogen and oxygen atoms in total. The summed E-state index contributed by atoms with van der Waals surface area (Å²) in [6, 6.07) is 0. The molecule has 3 N–H and O–H groups in total. The van der Waals surface area contributed by atoms with E-state index in [2.05, 4.69) is 10.3 Å². The van der Waals surface area contributed by atoms with Crippen molar-refractivity contribution >= 4 is 29.5 Å². The van der Waals surface area contributed by atoms with Gasteiger partial charge in [-0.3, -0.25) is 4.79 Å². The molecule has 96 valence electrons.